The fourth-order valence-electron chi connectivity index (χ4n) is 2.09. The highest BCUT2D eigenvalue weighted by atomic mass is 32.1. The Bertz CT molecular complexity index is 273. The van der Waals surface area contributed by atoms with Crippen LogP contribution in [0.4, 0.5) is 0 Å². The molecular formula is C9H14N2S2. The minimum atomic E-state index is -0.132. The molecule has 1 atom stereocenters. The smallest absolute Gasteiger partial charge is 0.104 e. The molecule has 13 heavy (non-hydrogen) atoms. The maximum absolute atomic E-state index is 5.44. The van der Waals surface area contributed by atoms with Gasteiger partial charge in [0.2, 0.25) is 0 Å². The summed E-state index contributed by atoms with van der Waals surface area (Å²) in [6.45, 7) is 5.26. The summed E-state index contributed by atoms with van der Waals surface area (Å²) < 4.78 is 0. The average Bonchev–Trinajstić information content (AvgIpc) is 2.47. The summed E-state index contributed by atoms with van der Waals surface area (Å²) in [6, 6.07) is 0.385. The second-order valence-corrected chi connectivity index (χ2v) is 5.10. The van der Waals surface area contributed by atoms with Gasteiger partial charge in [-0.3, -0.25) is 0 Å². The monoisotopic (exact) mass is 214 g/mol. The number of nitrogens with zero attached hydrogens (tertiary/aromatic N) is 1. The molecule has 0 spiro atoms. The normalized spacial score (nSPS) is 31.5. The van der Waals surface area contributed by atoms with Crippen molar-refractivity contribution in [1.29, 1.82) is 0 Å². The van der Waals surface area contributed by atoms with Gasteiger partial charge in [-0.15, -0.1) is 0 Å². The van der Waals surface area contributed by atoms with Crippen molar-refractivity contribution in [1.82, 2.24) is 10.2 Å². The van der Waals surface area contributed by atoms with E-state index >= 15 is 0 Å². The fraction of sp³-hybridized carbons (Fsp3) is 0.778. The summed E-state index contributed by atoms with van der Waals surface area (Å²) in [5.74, 6) is 0. The van der Waals surface area contributed by atoms with E-state index in [2.05, 4.69) is 24.1 Å². The van der Waals surface area contributed by atoms with Gasteiger partial charge in [0.05, 0.1) is 16.6 Å². The third kappa shape index (κ3) is 1.36. The number of rotatable bonds is 0. The first kappa shape index (κ1) is 9.34. The van der Waals surface area contributed by atoms with Gasteiger partial charge >= 0.3 is 0 Å². The summed E-state index contributed by atoms with van der Waals surface area (Å²) in [6.07, 6.45) is 2.37. The Balaban J connectivity index is 2.30. The minimum Gasteiger partial charge on any atom is -0.367 e. The van der Waals surface area contributed by atoms with Crippen molar-refractivity contribution in [2.24, 2.45) is 0 Å². The van der Waals surface area contributed by atoms with Crippen LogP contribution in [0.15, 0.2) is 0 Å². The summed E-state index contributed by atoms with van der Waals surface area (Å²) >= 11 is 10.8. The van der Waals surface area contributed by atoms with Crippen LogP contribution in [0.5, 0.6) is 0 Å². The molecule has 2 saturated heterocycles. The molecule has 0 aromatic heterocycles. The molecule has 1 unspecified atom stereocenters. The zero-order valence-corrected chi connectivity index (χ0v) is 9.60. The Morgan fingerprint density at radius 2 is 2.15 bits per heavy atom. The largest absolute Gasteiger partial charge is 0.367 e. The molecule has 0 aliphatic carbocycles. The molecule has 2 nitrogen and oxygen atoms in total. The van der Waals surface area contributed by atoms with Crippen molar-refractivity contribution in [2.75, 3.05) is 6.54 Å². The quantitative estimate of drug-likeness (QED) is 0.614. The van der Waals surface area contributed by atoms with E-state index in [4.69, 9.17) is 24.4 Å². The Labute approximate surface area is 89.7 Å². The molecule has 2 fully saturated rings. The second-order valence-electron chi connectivity index (χ2n) is 4.27. The topological polar surface area (TPSA) is 15.3 Å². The number of hydrogen-bond donors (Lipinski definition) is 1. The van der Waals surface area contributed by atoms with E-state index in [9.17, 15) is 0 Å². The van der Waals surface area contributed by atoms with Gasteiger partial charge in [-0.2, -0.15) is 0 Å². The fourth-order valence-corrected chi connectivity index (χ4v) is 2.86. The van der Waals surface area contributed by atoms with Crippen LogP contribution in [0.3, 0.4) is 0 Å². The lowest BCUT2D eigenvalue weighted by Crippen LogP contribution is -2.64. The van der Waals surface area contributed by atoms with Gasteiger partial charge in [0, 0.05) is 6.54 Å². The third-order valence-corrected chi connectivity index (χ3v) is 3.91. The average molecular weight is 214 g/mol. The maximum atomic E-state index is 5.44. The molecule has 2 aliphatic heterocycles. The first-order valence-corrected chi connectivity index (χ1v) is 5.47. The Hall–Kier alpha value is -0.220. The molecule has 72 valence electrons. The van der Waals surface area contributed by atoms with E-state index in [-0.39, 0.29) is 5.54 Å². The first-order chi connectivity index (χ1) is 6.02. The molecule has 1 N–H and O–H groups in total. The molecule has 0 aromatic carbocycles. The lowest BCUT2D eigenvalue weighted by atomic mass is 9.99. The summed E-state index contributed by atoms with van der Waals surface area (Å²) in [7, 11) is 0. The molecule has 0 saturated carbocycles. The molecule has 2 rings (SSSR count). The van der Waals surface area contributed by atoms with Gasteiger partial charge in [-0.25, -0.2) is 0 Å². The van der Waals surface area contributed by atoms with Gasteiger partial charge in [0.25, 0.3) is 0 Å². The molecule has 0 aromatic rings. The van der Waals surface area contributed by atoms with Gasteiger partial charge in [-0.1, -0.05) is 24.4 Å². The van der Waals surface area contributed by atoms with E-state index in [1.54, 1.807) is 0 Å². The van der Waals surface area contributed by atoms with Gasteiger partial charge in [0.1, 0.15) is 4.99 Å². The molecular weight excluding hydrogens is 200 g/mol. The second kappa shape index (κ2) is 2.89. The number of hydrogen-bond acceptors (Lipinski definition) is 2. The van der Waals surface area contributed by atoms with Crippen LogP contribution in [-0.2, 0) is 0 Å². The van der Waals surface area contributed by atoms with Crippen LogP contribution in [0.25, 0.3) is 0 Å². The summed E-state index contributed by atoms with van der Waals surface area (Å²) in [5, 5.41) is 3.33. The van der Waals surface area contributed by atoms with Crippen molar-refractivity contribution in [2.45, 2.75) is 38.3 Å². The minimum absolute atomic E-state index is 0.132. The number of fused-ring (bicyclic) bond motifs is 1. The number of thiocarbonyl (C=S) groups is 2. The number of piperazine rings is 1. The van der Waals surface area contributed by atoms with Crippen LogP contribution < -0.4 is 5.32 Å². The molecule has 2 heterocycles. The Kier molecular flexibility index (Phi) is 2.07. The van der Waals surface area contributed by atoms with Gasteiger partial charge in [0.15, 0.2) is 0 Å². The summed E-state index contributed by atoms with van der Waals surface area (Å²) in [5.41, 5.74) is -0.132. The van der Waals surface area contributed by atoms with Crippen molar-refractivity contribution >= 4 is 34.4 Å². The Morgan fingerprint density at radius 1 is 1.46 bits per heavy atom. The zero-order chi connectivity index (χ0) is 9.64. The first-order valence-electron chi connectivity index (χ1n) is 4.65. The molecule has 0 bridgehead atoms. The molecule has 4 heteroatoms. The van der Waals surface area contributed by atoms with E-state index in [0.29, 0.717) is 6.04 Å². The van der Waals surface area contributed by atoms with Crippen LogP contribution in [0.2, 0.25) is 0 Å². The lowest BCUT2D eigenvalue weighted by Gasteiger charge is -2.43. The van der Waals surface area contributed by atoms with Crippen molar-refractivity contribution < 1.29 is 0 Å². The molecule has 0 amide bonds. The number of nitrogens with one attached hydrogen (secondary N) is 1. The highest BCUT2D eigenvalue weighted by Crippen LogP contribution is 2.27. The van der Waals surface area contributed by atoms with Crippen molar-refractivity contribution in [3.05, 3.63) is 0 Å². The van der Waals surface area contributed by atoms with Crippen LogP contribution in [0, 0.1) is 0 Å². The van der Waals surface area contributed by atoms with Crippen LogP contribution >= 0.6 is 24.4 Å². The molecule has 2 aliphatic rings. The SMILES string of the molecule is CC1(C)NC(=S)C2CCCN2C1=S. The van der Waals surface area contributed by atoms with E-state index in [0.717, 1.165) is 22.9 Å². The molecule has 0 radical (unpaired) electrons. The highest BCUT2D eigenvalue weighted by molar-refractivity contribution is 7.81. The van der Waals surface area contributed by atoms with Crippen LogP contribution in [0.1, 0.15) is 26.7 Å². The van der Waals surface area contributed by atoms with E-state index in [1.165, 1.54) is 6.42 Å². The van der Waals surface area contributed by atoms with E-state index < -0.39 is 0 Å². The van der Waals surface area contributed by atoms with Crippen molar-refractivity contribution in [3.8, 4) is 0 Å². The highest BCUT2D eigenvalue weighted by Gasteiger charge is 2.42. The van der Waals surface area contributed by atoms with Gasteiger partial charge < -0.3 is 10.2 Å². The maximum Gasteiger partial charge on any atom is 0.104 e. The van der Waals surface area contributed by atoms with Crippen LogP contribution in [-0.4, -0.2) is 33.0 Å². The van der Waals surface area contributed by atoms with Gasteiger partial charge in [-0.05, 0) is 26.7 Å². The zero-order valence-electron chi connectivity index (χ0n) is 7.96. The predicted molar refractivity (Wildman–Crippen MR) is 62.1 cm³/mol. The standard InChI is InChI=1S/C9H14N2S2/c1-9(2)8(13)11-5-3-4-6(11)7(12)10-9/h6H,3-5H2,1-2H3,(H,10,12). The Morgan fingerprint density at radius 3 is 2.85 bits per heavy atom. The summed E-state index contributed by atoms with van der Waals surface area (Å²) in [4.78, 5) is 4.27. The predicted octanol–water partition coefficient (Wildman–Crippen LogP) is 1.49. The lowest BCUT2D eigenvalue weighted by molar-refractivity contribution is 0.390. The third-order valence-electron chi connectivity index (χ3n) is 2.79. The van der Waals surface area contributed by atoms with E-state index in [1.807, 2.05) is 0 Å². The van der Waals surface area contributed by atoms with Crippen molar-refractivity contribution in [3.63, 3.8) is 0 Å².